The van der Waals surface area contributed by atoms with Gasteiger partial charge in [0, 0.05) is 18.7 Å². The van der Waals surface area contributed by atoms with Crippen LogP contribution in [-0.4, -0.2) is 23.0 Å². The molecule has 0 heterocycles. The van der Waals surface area contributed by atoms with Gasteiger partial charge in [-0.05, 0) is 68.1 Å². The molecule has 0 spiro atoms. The first-order valence-corrected chi connectivity index (χ1v) is 9.54. The predicted molar refractivity (Wildman–Crippen MR) is 108 cm³/mol. The van der Waals surface area contributed by atoms with Crippen molar-refractivity contribution in [3.8, 4) is 17.2 Å². The molecule has 0 saturated heterocycles. The van der Waals surface area contributed by atoms with Gasteiger partial charge in [-0.15, -0.1) is 0 Å². The minimum atomic E-state index is -0.288. The molecule has 3 rings (SSSR count). The third-order valence-corrected chi connectivity index (χ3v) is 4.90. The lowest BCUT2D eigenvalue weighted by atomic mass is 10.1. The number of carbonyl (C=O) groups is 2. The molecule has 1 saturated carbocycles. The van der Waals surface area contributed by atoms with Crippen molar-refractivity contribution in [2.75, 3.05) is 5.32 Å². The molecule has 2 aromatic rings. The van der Waals surface area contributed by atoms with Gasteiger partial charge in [0.1, 0.15) is 17.2 Å². The summed E-state index contributed by atoms with van der Waals surface area (Å²) in [7, 11) is 0. The minimum absolute atomic E-state index is 0.0719. The number of anilines is 1. The van der Waals surface area contributed by atoms with E-state index in [0.717, 1.165) is 36.8 Å². The van der Waals surface area contributed by atoms with Crippen molar-refractivity contribution < 1.29 is 19.4 Å². The Balaban J connectivity index is 1.81. The lowest BCUT2D eigenvalue weighted by molar-refractivity contribution is -0.114. The number of phenolic OH excluding ortho intramolecular Hbond substituents is 1. The summed E-state index contributed by atoms with van der Waals surface area (Å²) < 4.78 is 6.01. The van der Waals surface area contributed by atoms with Crippen LogP contribution in [0.2, 0.25) is 0 Å². The molecule has 0 unspecified atom stereocenters. The van der Waals surface area contributed by atoms with Gasteiger partial charge in [-0.25, -0.2) is 0 Å². The van der Waals surface area contributed by atoms with Gasteiger partial charge in [0.2, 0.25) is 5.91 Å². The molecule has 2 aromatic carbocycles. The fraction of sp³-hybridized carbons (Fsp3) is 0.364. The molecule has 0 bridgehead atoms. The van der Waals surface area contributed by atoms with Crippen molar-refractivity contribution in [2.45, 2.75) is 52.5 Å². The Morgan fingerprint density at radius 1 is 1.07 bits per heavy atom. The third-order valence-electron chi connectivity index (χ3n) is 4.90. The van der Waals surface area contributed by atoms with Crippen molar-refractivity contribution in [1.29, 1.82) is 0 Å². The minimum Gasteiger partial charge on any atom is -0.507 e. The van der Waals surface area contributed by atoms with E-state index in [1.54, 1.807) is 12.1 Å². The monoisotopic (exact) mass is 382 g/mol. The number of nitrogens with one attached hydrogen (secondary N) is 2. The van der Waals surface area contributed by atoms with Crippen molar-refractivity contribution in [2.24, 2.45) is 0 Å². The summed E-state index contributed by atoms with van der Waals surface area (Å²) in [5.74, 6) is 0.625. The quantitative estimate of drug-likeness (QED) is 0.714. The van der Waals surface area contributed by atoms with E-state index in [9.17, 15) is 14.7 Å². The molecule has 6 heteroatoms. The maximum Gasteiger partial charge on any atom is 0.255 e. The van der Waals surface area contributed by atoms with Crippen LogP contribution in [0.25, 0.3) is 0 Å². The summed E-state index contributed by atoms with van der Waals surface area (Å²) >= 11 is 0. The second-order valence-electron chi connectivity index (χ2n) is 7.36. The number of hydrogen-bond acceptors (Lipinski definition) is 4. The molecule has 1 aliphatic rings. The second kappa shape index (κ2) is 8.33. The first-order valence-electron chi connectivity index (χ1n) is 9.54. The second-order valence-corrected chi connectivity index (χ2v) is 7.36. The molecule has 6 nitrogen and oxygen atoms in total. The fourth-order valence-corrected chi connectivity index (χ4v) is 3.60. The molecule has 0 aliphatic heterocycles. The Bertz CT molecular complexity index is 878. The van der Waals surface area contributed by atoms with Gasteiger partial charge in [0.25, 0.3) is 5.91 Å². The van der Waals surface area contributed by atoms with Crippen molar-refractivity contribution in [3.05, 3.63) is 47.0 Å². The normalized spacial score (nSPS) is 14.0. The number of ether oxygens (including phenoxy) is 1. The molecule has 148 valence electrons. The number of rotatable bonds is 5. The molecule has 1 fully saturated rings. The Morgan fingerprint density at radius 3 is 2.32 bits per heavy atom. The topological polar surface area (TPSA) is 87.7 Å². The van der Waals surface area contributed by atoms with E-state index < -0.39 is 0 Å². The molecular formula is C22H26N2O4. The first-order chi connectivity index (χ1) is 13.3. The Labute approximate surface area is 164 Å². The molecule has 3 N–H and O–H groups in total. The van der Waals surface area contributed by atoms with Crippen LogP contribution in [0.5, 0.6) is 17.2 Å². The molecule has 0 radical (unpaired) electrons. The SMILES string of the molecule is CC(=O)Nc1cc(C)c(Oc2ccc(O)c(C(=O)NC3CCCC3)c2)c(C)c1. The maximum absolute atomic E-state index is 12.5. The molecule has 0 aromatic heterocycles. The highest BCUT2D eigenvalue weighted by atomic mass is 16.5. The van der Waals surface area contributed by atoms with E-state index in [-0.39, 0.29) is 29.2 Å². The van der Waals surface area contributed by atoms with E-state index in [4.69, 9.17) is 4.74 Å². The van der Waals surface area contributed by atoms with Crippen LogP contribution >= 0.6 is 0 Å². The lowest BCUT2D eigenvalue weighted by Gasteiger charge is -2.16. The van der Waals surface area contributed by atoms with Gasteiger partial charge in [0.05, 0.1) is 5.56 Å². The number of hydrogen-bond donors (Lipinski definition) is 3. The summed E-state index contributed by atoms with van der Waals surface area (Å²) in [5, 5.41) is 15.9. The summed E-state index contributed by atoms with van der Waals surface area (Å²) in [5.41, 5.74) is 2.62. The predicted octanol–water partition coefficient (Wildman–Crippen LogP) is 4.43. The maximum atomic E-state index is 12.5. The largest absolute Gasteiger partial charge is 0.507 e. The molecule has 0 atom stereocenters. The van der Waals surface area contributed by atoms with Gasteiger partial charge >= 0.3 is 0 Å². The van der Waals surface area contributed by atoms with Gasteiger partial charge in [0.15, 0.2) is 0 Å². The number of carbonyl (C=O) groups excluding carboxylic acids is 2. The number of aromatic hydroxyl groups is 1. The van der Waals surface area contributed by atoms with E-state index in [0.29, 0.717) is 17.2 Å². The fourth-order valence-electron chi connectivity index (χ4n) is 3.60. The van der Waals surface area contributed by atoms with Crippen LogP contribution in [0.4, 0.5) is 5.69 Å². The average Bonchev–Trinajstić information content (AvgIpc) is 3.11. The smallest absolute Gasteiger partial charge is 0.255 e. The van der Waals surface area contributed by atoms with E-state index in [2.05, 4.69) is 10.6 Å². The van der Waals surface area contributed by atoms with Gasteiger partial charge in [-0.1, -0.05) is 12.8 Å². The van der Waals surface area contributed by atoms with Crippen molar-refractivity contribution in [3.63, 3.8) is 0 Å². The lowest BCUT2D eigenvalue weighted by Crippen LogP contribution is -2.32. The number of benzene rings is 2. The third kappa shape index (κ3) is 4.63. The van der Waals surface area contributed by atoms with Crippen LogP contribution in [0.1, 0.15) is 54.1 Å². The highest BCUT2D eigenvalue weighted by Crippen LogP contribution is 2.33. The number of aryl methyl sites for hydroxylation is 2. The van der Waals surface area contributed by atoms with E-state index in [1.807, 2.05) is 26.0 Å². The zero-order valence-electron chi connectivity index (χ0n) is 16.5. The zero-order chi connectivity index (χ0) is 20.3. The Hall–Kier alpha value is -3.02. The van der Waals surface area contributed by atoms with Crippen LogP contribution in [0, 0.1) is 13.8 Å². The molecular weight excluding hydrogens is 356 g/mol. The standard InChI is InChI=1S/C22H26N2O4/c1-13-10-17(23-15(3)25)11-14(2)21(13)28-18-8-9-20(26)19(12-18)22(27)24-16-6-4-5-7-16/h8-12,16,26H,4-7H2,1-3H3,(H,23,25)(H,24,27). The van der Waals surface area contributed by atoms with Gasteiger partial charge in [-0.2, -0.15) is 0 Å². The highest BCUT2D eigenvalue weighted by Gasteiger charge is 2.20. The number of phenols is 1. The molecule has 2 amide bonds. The Kier molecular flexibility index (Phi) is 5.87. The van der Waals surface area contributed by atoms with Crippen LogP contribution in [0.3, 0.4) is 0 Å². The van der Waals surface area contributed by atoms with Crippen molar-refractivity contribution >= 4 is 17.5 Å². The van der Waals surface area contributed by atoms with Gasteiger partial charge in [-0.3, -0.25) is 9.59 Å². The van der Waals surface area contributed by atoms with Crippen molar-refractivity contribution in [1.82, 2.24) is 5.32 Å². The Morgan fingerprint density at radius 2 is 1.71 bits per heavy atom. The number of amides is 2. The molecule has 28 heavy (non-hydrogen) atoms. The summed E-state index contributed by atoms with van der Waals surface area (Å²) in [4.78, 5) is 23.8. The summed E-state index contributed by atoms with van der Waals surface area (Å²) in [6, 6.07) is 8.48. The van der Waals surface area contributed by atoms with Crippen LogP contribution in [-0.2, 0) is 4.79 Å². The van der Waals surface area contributed by atoms with E-state index >= 15 is 0 Å². The summed E-state index contributed by atoms with van der Waals surface area (Å²) in [6.07, 6.45) is 4.18. The average molecular weight is 382 g/mol. The highest BCUT2D eigenvalue weighted by molar-refractivity contribution is 5.97. The van der Waals surface area contributed by atoms with E-state index in [1.165, 1.54) is 13.0 Å². The van der Waals surface area contributed by atoms with Crippen LogP contribution < -0.4 is 15.4 Å². The van der Waals surface area contributed by atoms with Gasteiger partial charge < -0.3 is 20.5 Å². The van der Waals surface area contributed by atoms with Crippen LogP contribution in [0.15, 0.2) is 30.3 Å². The first kappa shape index (κ1) is 19.7. The zero-order valence-corrected chi connectivity index (χ0v) is 16.5. The molecule has 1 aliphatic carbocycles. The summed E-state index contributed by atoms with van der Waals surface area (Å²) in [6.45, 7) is 5.24.